The number of carbonyl (C=O) groups excluding carboxylic acids is 1. The number of nitrogens with one attached hydrogen (secondary N) is 1. The van der Waals surface area contributed by atoms with Crippen molar-refractivity contribution in [3.8, 4) is 0 Å². The number of benzene rings is 1. The highest BCUT2D eigenvalue weighted by Gasteiger charge is 2.18. The molecule has 1 aromatic carbocycles. The minimum absolute atomic E-state index is 0. The van der Waals surface area contributed by atoms with Crippen LogP contribution in [0.1, 0.15) is 12.5 Å². The SMILES string of the molecule is CC(CS(C)(=O)=O)NC(=O)C(N)Cc1ccccc1.Cl. The minimum Gasteiger partial charge on any atom is -0.351 e. The van der Waals surface area contributed by atoms with Crippen molar-refractivity contribution in [2.24, 2.45) is 5.73 Å². The molecule has 0 bridgehead atoms. The lowest BCUT2D eigenvalue weighted by Crippen LogP contribution is -2.47. The molecule has 0 heterocycles. The van der Waals surface area contributed by atoms with Gasteiger partial charge < -0.3 is 11.1 Å². The summed E-state index contributed by atoms with van der Waals surface area (Å²) in [6.07, 6.45) is 1.57. The Kier molecular flexibility index (Phi) is 7.78. The standard InChI is InChI=1S/C13H20N2O3S.ClH/c1-10(9-19(2,17)18)15-13(16)12(14)8-11-6-4-3-5-7-11;/h3-7,10,12H,8-9,14H2,1-2H3,(H,15,16);1H. The molecule has 0 saturated carbocycles. The number of nitrogens with two attached hydrogens (primary N) is 1. The van der Waals surface area contributed by atoms with Crippen molar-refractivity contribution in [1.82, 2.24) is 5.32 Å². The Morgan fingerprint density at radius 2 is 1.85 bits per heavy atom. The minimum atomic E-state index is -3.11. The molecule has 0 aliphatic carbocycles. The lowest BCUT2D eigenvalue weighted by atomic mass is 10.1. The summed E-state index contributed by atoms with van der Waals surface area (Å²) in [5.74, 6) is -0.420. The molecule has 3 N–H and O–H groups in total. The number of hydrogen-bond acceptors (Lipinski definition) is 4. The molecule has 2 atom stereocenters. The predicted molar refractivity (Wildman–Crippen MR) is 82.7 cm³/mol. The fraction of sp³-hybridized carbons (Fsp3) is 0.462. The highest BCUT2D eigenvalue weighted by molar-refractivity contribution is 7.90. The van der Waals surface area contributed by atoms with Crippen LogP contribution in [0.4, 0.5) is 0 Å². The van der Waals surface area contributed by atoms with E-state index in [1.54, 1.807) is 6.92 Å². The van der Waals surface area contributed by atoms with Crippen LogP contribution in [0.25, 0.3) is 0 Å². The second kappa shape index (κ2) is 8.24. The summed E-state index contributed by atoms with van der Waals surface area (Å²) in [6, 6.07) is 8.33. The highest BCUT2D eigenvalue weighted by atomic mass is 35.5. The van der Waals surface area contributed by atoms with Gasteiger partial charge in [-0.25, -0.2) is 8.42 Å². The molecule has 0 fully saturated rings. The largest absolute Gasteiger partial charge is 0.351 e. The summed E-state index contributed by atoms with van der Waals surface area (Å²) < 4.78 is 22.2. The van der Waals surface area contributed by atoms with Gasteiger partial charge in [0.15, 0.2) is 0 Å². The molecule has 5 nitrogen and oxygen atoms in total. The van der Waals surface area contributed by atoms with E-state index in [1.165, 1.54) is 0 Å². The van der Waals surface area contributed by atoms with Crippen molar-refractivity contribution in [2.75, 3.05) is 12.0 Å². The van der Waals surface area contributed by atoms with Gasteiger partial charge in [-0.2, -0.15) is 0 Å². The van der Waals surface area contributed by atoms with Crippen LogP contribution >= 0.6 is 12.4 Å². The number of halogens is 1. The molecule has 0 aromatic heterocycles. The zero-order valence-corrected chi connectivity index (χ0v) is 13.2. The Morgan fingerprint density at radius 1 is 1.30 bits per heavy atom. The molecular weight excluding hydrogens is 300 g/mol. The first-order chi connectivity index (χ1) is 8.78. The first kappa shape index (κ1) is 18.9. The molecule has 0 spiro atoms. The van der Waals surface area contributed by atoms with E-state index in [1.807, 2.05) is 30.3 Å². The van der Waals surface area contributed by atoms with Crippen molar-refractivity contribution < 1.29 is 13.2 Å². The van der Waals surface area contributed by atoms with Gasteiger partial charge in [-0.05, 0) is 18.9 Å². The van der Waals surface area contributed by atoms with Crippen molar-refractivity contribution >= 4 is 28.2 Å². The first-order valence-electron chi connectivity index (χ1n) is 6.05. The van der Waals surface area contributed by atoms with E-state index in [4.69, 9.17) is 5.73 Å². The Balaban J connectivity index is 0.00000361. The summed E-state index contributed by atoms with van der Waals surface area (Å²) in [7, 11) is -3.11. The van der Waals surface area contributed by atoms with Crippen LogP contribution in [0.5, 0.6) is 0 Å². The first-order valence-corrected chi connectivity index (χ1v) is 8.11. The average molecular weight is 321 g/mol. The van der Waals surface area contributed by atoms with Gasteiger partial charge in [-0.15, -0.1) is 12.4 Å². The Morgan fingerprint density at radius 3 is 2.35 bits per heavy atom. The fourth-order valence-corrected chi connectivity index (χ4v) is 2.80. The molecule has 1 rings (SSSR count). The second-order valence-electron chi connectivity index (χ2n) is 4.80. The maximum Gasteiger partial charge on any atom is 0.237 e. The maximum absolute atomic E-state index is 11.8. The van der Waals surface area contributed by atoms with Gasteiger partial charge in [0.25, 0.3) is 0 Å². The summed E-state index contributed by atoms with van der Waals surface area (Å²) in [5.41, 5.74) is 6.77. The molecule has 2 unspecified atom stereocenters. The van der Waals surface area contributed by atoms with Crippen molar-refractivity contribution in [3.05, 3.63) is 35.9 Å². The molecule has 1 aromatic rings. The lowest BCUT2D eigenvalue weighted by Gasteiger charge is -2.17. The van der Waals surface area contributed by atoms with Crippen LogP contribution < -0.4 is 11.1 Å². The zero-order valence-electron chi connectivity index (χ0n) is 11.6. The number of sulfone groups is 1. The number of rotatable bonds is 6. The van der Waals surface area contributed by atoms with Gasteiger partial charge in [0.2, 0.25) is 5.91 Å². The summed E-state index contributed by atoms with van der Waals surface area (Å²) in [4.78, 5) is 11.8. The maximum atomic E-state index is 11.8. The van der Waals surface area contributed by atoms with E-state index in [0.717, 1.165) is 11.8 Å². The second-order valence-corrected chi connectivity index (χ2v) is 6.98. The van der Waals surface area contributed by atoms with Gasteiger partial charge in [0, 0.05) is 12.3 Å². The number of carbonyl (C=O) groups is 1. The van der Waals surface area contributed by atoms with E-state index >= 15 is 0 Å². The van der Waals surface area contributed by atoms with Crippen LogP contribution in [-0.2, 0) is 21.1 Å². The van der Waals surface area contributed by atoms with Gasteiger partial charge in [-0.1, -0.05) is 30.3 Å². The quantitative estimate of drug-likeness (QED) is 0.800. The smallest absolute Gasteiger partial charge is 0.237 e. The summed E-state index contributed by atoms with van der Waals surface area (Å²) in [5, 5.41) is 2.61. The molecule has 0 aliphatic rings. The van der Waals surface area contributed by atoms with Crippen molar-refractivity contribution in [1.29, 1.82) is 0 Å². The number of amides is 1. The fourth-order valence-electron chi connectivity index (χ4n) is 1.81. The van der Waals surface area contributed by atoms with Crippen LogP contribution in [-0.4, -0.2) is 38.4 Å². The van der Waals surface area contributed by atoms with Gasteiger partial charge >= 0.3 is 0 Å². The number of hydrogen-bond donors (Lipinski definition) is 2. The molecule has 7 heteroatoms. The van der Waals surface area contributed by atoms with E-state index < -0.39 is 21.9 Å². The van der Waals surface area contributed by atoms with Crippen LogP contribution in [0.15, 0.2) is 30.3 Å². The van der Waals surface area contributed by atoms with Crippen LogP contribution in [0.2, 0.25) is 0 Å². The van der Waals surface area contributed by atoms with Gasteiger partial charge in [0.1, 0.15) is 9.84 Å². The molecular formula is C13H21ClN2O3S. The van der Waals surface area contributed by atoms with Crippen molar-refractivity contribution in [3.63, 3.8) is 0 Å². The molecule has 114 valence electrons. The molecule has 20 heavy (non-hydrogen) atoms. The third-order valence-corrected chi connectivity index (χ3v) is 3.68. The average Bonchev–Trinajstić information content (AvgIpc) is 2.27. The normalized spacial score (nSPS) is 13.9. The Bertz CT molecular complexity index is 520. The topological polar surface area (TPSA) is 89.3 Å². The molecule has 0 saturated heterocycles. The van der Waals surface area contributed by atoms with E-state index in [0.29, 0.717) is 6.42 Å². The van der Waals surface area contributed by atoms with Crippen LogP contribution in [0, 0.1) is 0 Å². The summed E-state index contributed by atoms with van der Waals surface area (Å²) >= 11 is 0. The summed E-state index contributed by atoms with van der Waals surface area (Å²) in [6.45, 7) is 1.65. The third-order valence-electron chi connectivity index (χ3n) is 2.58. The lowest BCUT2D eigenvalue weighted by molar-refractivity contribution is -0.122. The van der Waals surface area contributed by atoms with Crippen LogP contribution in [0.3, 0.4) is 0 Å². The van der Waals surface area contributed by atoms with Gasteiger partial charge in [0.05, 0.1) is 11.8 Å². The van der Waals surface area contributed by atoms with E-state index in [9.17, 15) is 13.2 Å². The van der Waals surface area contributed by atoms with E-state index in [2.05, 4.69) is 5.32 Å². The van der Waals surface area contributed by atoms with E-state index in [-0.39, 0.29) is 24.1 Å². The predicted octanol–water partition coefficient (Wildman–Crippen LogP) is 0.528. The van der Waals surface area contributed by atoms with Crippen molar-refractivity contribution in [2.45, 2.75) is 25.4 Å². The molecule has 0 aliphatic heterocycles. The van der Waals surface area contributed by atoms with Gasteiger partial charge in [-0.3, -0.25) is 4.79 Å². The third kappa shape index (κ3) is 7.47. The monoisotopic (exact) mass is 320 g/mol. The molecule has 1 amide bonds. The highest BCUT2D eigenvalue weighted by Crippen LogP contribution is 2.02. The Hall–Kier alpha value is -1.11. The molecule has 0 radical (unpaired) electrons. The zero-order chi connectivity index (χ0) is 14.5. The Labute approximate surface area is 126 Å².